The van der Waals surface area contributed by atoms with Gasteiger partial charge in [0.05, 0.1) is 23.9 Å². The Morgan fingerprint density at radius 3 is 2.60 bits per heavy atom. The number of pyridine rings is 1. The molecule has 2 aromatic carbocycles. The van der Waals surface area contributed by atoms with E-state index in [1.54, 1.807) is 6.07 Å². The van der Waals surface area contributed by atoms with Crippen LogP contribution in [0.1, 0.15) is 48.2 Å². The lowest BCUT2D eigenvalue weighted by atomic mass is 9.77. The molecule has 7 heteroatoms. The Bertz CT molecular complexity index is 1110. The van der Waals surface area contributed by atoms with Crippen molar-refractivity contribution in [3.63, 3.8) is 0 Å². The molecule has 30 heavy (non-hydrogen) atoms. The summed E-state index contributed by atoms with van der Waals surface area (Å²) in [5.41, 5.74) is 9.86. The lowest BCUT2D eigenvalue weighted by Gasteiger charge is -2.28. The quantitative estimate of drug-likeness (QED) is 0.330. The number of fused-ring (bicyclic) bond motifs is 1. The fourth-order valence-corrected chi connectivity index (χ4v) is 3.67. The number of aliphatic hydroxyl groups excluding tert-OH is 1. The van der Waals surface area contributed by atoms with Crippen LogP contribution in [0, 0.1) is 0 Å². The maximum Gasteiger partial charge on any atom is 0.222 e. The molecule has 1 saturated carbocycles. The summed E-state index contributed by atoms with van der Waals surface area (Å²) < 4.78 is 5.29. The summed E-state index contributed by atoms with van der Waals surface area (Å²) in [6.45, 7) is 0. The molecule has 7 nitrogen and oxygen atoms in total. The fraction of sp³-hybridized carbons (Fsp3) is 0.261. The number of amidine groups is 1. The van der Waals surface area contributed by atoms with Crippen LogP contribution >= 0.6 is 0 Å². The predicted molar refractivity (Wildman–Crippen MR) is 117 cm³/mol. The van der Waals surface area contributed by atoms with Crippen molar-refractivity contribution in [3.8, 4) is 5.88 Å². The van der Waals surface area contributed by atoms with Crippen LogP contribution in [0.25, 0.3) is 10.9 Å². The zero-order chi connectivity index (χ0) is 21.1. The Kier molecular flexibility index (Phi) is 5.74. The first-order valence-electron chi connectivity index (χ1n) is 9.87. The van der Waals surface area contributed by atoms with E-state index in [2.05, 4.69) is 15.0 Å². The van der Waals surface area contributed by atoms with E-state index in [0.717, 1.165) is 35.0 Å². The van der Waals surface area contributed by atoms with Crippen molar-refractivity contribution in [1.82, 2.24) is 4.98 Å². The predicted octanol–water partition coefficient (Wildman–Crippen LogP) is 3.56. The Morgan fingerprint density at radius 1 is 1.20 bits per heavy atom. The molecule has 4 rings (SSSR count). The number of benzene rings is 2. The van der Waals surface area contributed by atoms with Gasteiger partial charge in [-0.2, -0.15) is 0 Å². The van der Waals surface area contributed by atoms with Gasteiger partial charge in [0, 0.05) is 10.9 Å². The maximum atomic E-state index is 9.66. The molecular formula is C23H24N4O3. The van der Waals surface area contributed by atoms with E-state index in [0.29, 0.717) is 17.3 Å². The number of nitrogens with zero attached hydrogens (tertiary/aromatic N) is 3. The van der Waals surface area contributed by atoms with Crippen LogP contribution < -0.4 is 10.5 Å². The Balaban J connectivity index is 1.84. The minimum atomic E-state index is -1.68. The highest BCUT2D eigenvalue weighted by Crippen LogP contribution is 2.40. The molecule has 4 N–H and O–H groups in total. The molecule has 1 heterocycles. The molecule has 1 aliphatic carbocycles. The molecule has 0 aliphatic heterocycles. The van der Waals surface area contributed by atoms with Gasteiger partial charge in [-0.25, -0.2) is 15.0 Å². The molecule has 0 bridgehead atoms. The van der Waals surface area contributed by atoms with Crippen molar-refractivity contribution < 1.29 is 14.9 Å². The smallest absolute Gasteiger partial charge is 0.222 e. The molecule has 1 aliphatic rings. The van der Waals surface area contributed by atoms with E-state index < -0.39 is 6.29 Å². The maximum absolute atomic E-state index is 9.66. The molecule has 154 valence electrons. The third kappa shape index (κ3) is 3.90. The topological polar surface area (TPSA) is 113 Å². The van der Waals surface area contributed by atoms with E-state index in [4.69, 9.17) is 10.5 Å². The molecule has 0 atom stereocenters. The zero-order valence-electron chi connectivity index (χ0n) is 16.7. The highest BCUT2D eigenvalue weighted by molar-refractivity contribution is 6.11. The van der Waals surface area contributed by atoms with E-state index in [-0.39, 0.29) is 11.4 Å². The summed E-state index contributed by atoms with van der Waals surface area (Å²) >= 11 is 0. The normalized spacial score (nSPS) is 15.1. The van der Waals surface area contributed by atoms with Gasteiger partial charge in [-0.05, 0) is 42.5 Å². The molecule has 0 unspecified atom stereocenters. The number of nitrogens with two attached hydrogens (primary N) is 1. The summed E-state index contributed by atoms with van der Waals surface area (Å²) in [6, 6.07) is 15.1. The number of ether oxygens (including phenoxy) is 1. The first-order valence-corrected chi connectivity index (χ1v) is 9.87. The minimum Gasteiger partial charge on any atom is -0.481 e. The summed E-state index contributed by atoms with van der Waals surface area (Å²) in [5.74, 6) is 0.865. The molecule has 0 saturated heterocycles. The number of methoxy groups -OCH3 is 1. The van der Waals surface area contributed by atoms with Crippen molar-refractivity contribution in [2.75, 3.05) is 7.11 Å². The number of aliphatic imine (C=N–C) groups is 2. The van der Waals surface area contributed by atoms with Crippen LogP contribution in [0.5, 0.6) is 5.88 Å². The second-order valence-electron chi connectivity index (χ2n) is 7.28. The highest BCUT2D eigenvalue weighted by Gasteiger charge is 2.26. The van der Waals surface area contributed by atoms with Crippen molar-refractivity contribution in [1.29, 1.82) is 0 Å². The van der Waals surface area contributed by atoms with Gasteiger partial charge < -0.3 is 20.7 Å². The average molecular weight is 404 g/mol. The first-order chi connectivity index (χ1) is 14.6. The van der Waals surface area contributed by atoms with Crippen LogP contribution in [0.15, 0.2) is 58.5 Å². The van der Waals surface area contributed by atoms with Gasteiger partial charge in [-0.3, -0.25) is 0 Å². The first kappa shape index (κ1) is 20.0. The van der Waals surface area contributed by atoms with Gasteiger partial charge in [0.25, 0.3) is 0 Å². The van der Waals surface area contributed by atoms with Gasteiger partial charge >= 0.3 is 0 Å². The van der Waals surface area contributed by atoms with E-state index in [1.165, 1.54) is 19.9 Å². The summed E-state index contributed by atoms with van der Waals surface area (Å²) in [6.07, 6.45) is 3.12. The molecule has 1 aromatic heterocycles. The number of hydrogen-bond donors (Lipinski definition) is 3. The number of aromatic nitrogens is 1. The van der Waals surface area contributed by atoms with Gasteiger partial charge in [-0.15, -0.1) is 0 Å². The van der Waals surface area contributed by atoms with Crippen molar-refractivity contribution in [2.24, 2.45) is 15.7 Å². The van der Waals surface area contributed by atoms with Crippen LogP contribution in [0.2, 0.25) is 0 Å². The summed E-state index contributed by atoms with van der Waals surface area (Å²) in [5, 5.41) is 20.0. The lowest BCUT2D eigenvalue weighted by molar-refractivity contribution is -0.0441. The second-order valence-corrected chi connectivity index (χ2v) is 7.28. The van der Waals surface area contributed by atoms with Gasteiger partial charge in [0.1, 0.15) is 12.2 Å². The van der Waals surface area contributed by atoms with Crippen molar-refractivity contribution in [2.45, 2.75) is 31.5 Å². The number of para-hydroxylation sites is 1. The number of rotatable bonds is 6. The lowest BCUT2D eigenvalue weighted by Crippen LogP contribution is -2.21. The van der Waals surface area contributed by atoms with Crippen LogP contribution in [0.4, 0.5) is 5.69 Å². The summed E-state index contributed by atoms with van der Waals surface area (Å²) in [7, 11) is 1.44. The number of aliphatic hydroxyl groups is 2. The summed E-state index contributed by atoms with van der Waals surface area (Å²) in [4.78, 5) is 13.3. The molecule has 0 radical (unpaired) electrons. The molecule has 0 spiro atoms. The minimum absolute atomic E-state index is 0.148. The standard InChI is InChI=1S/C23H24N4O3/c1-30-22-18(23(28)29)12-15-10-11-17(14-6-5-7-14)19(20(15)27-22)21(24)26-13-25-16-8-3-2-4-9-16/h2-4,8-14,23,28-29H,5-7H2,1H3,(H2,24,25,26). The van der Waals surface area contributed by atoms with Crippen LogP contribution in [-0.4, -0.2) is 34.5 Å². The largest absolute Gasteiger partial charge is 0.481 e. The van der Waals surface area contributed by atoms with E-state index in [1.807, 2.05) is 42.5 Å². The monoisotopic (exact) mass is 404 g/mol. The average Bonchev–Trinajstić information content (AvgIpc) is 2.72. The van der Waals surface area contributed by atoms with E-state index >= 15 is 0 Å². The van der Waals surface area contributed by atoms with Crippen LogP contribution in [-0.2, 0) is 0 Å². The third-order valence-corrected chi connectivity index (χ3v) is 5.45. The molecule has 1 fully saturated rings. The molecule has 0 amide bonds. The Labute approximate surface area is 174 Å². The molecule has 3 aromatic rings. The highest BCUT2D eigenvalue weighted by atomic mass is 16.5. The second kappa shape index (κ2) is 8.61. The third-order valence-electron chi connectivity index (χ3n) is 5.45. The SMILES string of the molecule is COc1nc2c(C(N)=NC=Nc3ccccc3)c(C3CCC3)ccc2cc1C(O)O. The van der Waals surface area contributed by atoms with Gasteiger partial charge in [0.2, 0.25) is 5.88 Å². The number of hydrogen-bond acceptors (Lipinski definition) is 5. The van der Waals surface area contributed by atoms with Crippen LogP contribution in [0.3, 0.4) is 0 Å². The zero-order valence-corrected chi connectivity index (χ0v) is 16.7. The van der Waals surface area contributed by atoms with E-state index in [9.17, 15) is 10.2 Å². The Hall–Kier alpha value is -3.29. The van der Waals surface area contributed by atoms with Gasteiger partial charge in [0.15, 0.2) is 6.29 Å². The Morgan fingerprint density at radius 2 is 1.97 bits per heavy atom. The molecular weight excluding hydrogens is 380 g/mol. The van der Waals surface area contributed by atoms with Crippen molar-refractivity contribution >= 4 is 28.8 Å². The van der Waals surface area contributed by atoms with Gasteiger partial charge in [-0.1, -0.05) is 36.8 Å². The van der Waals surface area contributed by atoms with Crippen molar-refractivity contribution in [3.05, 3.63) is 65.2 Å². The fourth-order valence-electron chi connectivity index (χ4n) is 3.67.